The molecule has 0 spiro atoms. The van der Waals surface area contributed by atoms with Crippen LogP contribution < -0.4 is 0 Å². The third kappa shape index (κ3) is 2.46. The summed E-state index contributed by atoms with van der Waals surface area (Å²) in [6.45, 7) is 0. The van der Waals surface area contributed by atoms with E-state index in [9.17, 15) is 0 Å². The standard InChI is InChI=1S/C14H14/c1-2-8-13(7-1)11-5-6-12-14-9-3-4-10-14/h1-14H. The average Bonchev–Trinajstić information content (AvgIpc) is 2.86. The lowest BCUT2D eigenvalue weighted by atomic mass is 10.1. The van der Waals surface area contributed by atoms with Crippen LogP contribution in [0.15, 0.2) is 72.9 Å². The predicted octanol–water partition coefficient (Wildman–Crippen LogP) is 3.58. The SMILES string of the molecule is C1=CC(C=CC=CC2C=CC=C2)C=C1. The summed E-state index contributed by atoms with van der Waals surface area (Å²) in [5.41, 5.74) is 0. The molecule has 0 nitrogen and oxygen atoms in total. The van der Waals surface area contributed by atoms with Crippen molar-refractivity contribution in [3.63, 3.8) is 0 Å². The van der Waals surface area contributed by atoms with Crippen molar-refractivity contribution in [1.29, 1.82) is 0 Å². The Morgan fingerprint density at radius 3 is 1.29 bits per heavy atom. The summed E-state index contributed by atoms with van der Waals surface area (Å²) >= 11 is 0. The van der Waals surface area contributed by atoms with E-state index in [0.29, 0.717) is 11.8 Å². The molecule has 0 aliphatic heterocycles. The molecule has 0 radical (unpaired) electrons. The van der Waals surface area contributed by atoms with Crippen molar-refractivity contribution >= 4 is 0 Å². The summed E-state index contributed by atoms with van der Waals surface area (Å²) in [4.78, 5) is 0. The Labute approximate surface area is 85.3 Å². The van der Waals surface area contributed by atoms with Crippen molar-refractivity contribution in [2.24, 2.45) is 11.8 Å². The molecule has 2 aliphatic carbocycles. The van der Waals surface area contributed by atoms with E-state index in [-0.39, 0.29) is 0 Å². The number of hydrogen-bond donors (Lipinski definition) is 0. The van der Waals surface area contributed by atoms with E-state index in [0.717, 1.165) is 0 Å². The van der Waals surface area contributed by atoms with Crippen LogP contribution in [0.4, 0.5) is 0 Å². The molecule has 0 atom stereocenters. The quantitative estimate of drug-likeness (QED) is 0.585. The molecule has 0 aromatic carbocycles. The van der Waals surface area contributed by atoms with Crippen molar-refractivity contribution in [2.75, 3.05) is 0 Å². The fourth-order valence-electron chi connectivity index (χ4n) is 1.54. The summed E-state index contributed by atoms with van der Waals surface area (Å²) < 4.78 is 0. The minimum absolute atomic E-state index is 0.495. The third-order valence-corrected chi connectivity index (χ3v) is 2.33. The van der Waals surface area contributed by atoms with E-state index < -0.39 is 0 Å². The third-order valence-electron chi connectivity index (χ3n) is 2.33. The van der Waals surface area contributed by atoms with Crippen LogP contribution >= 0.6 is 0 Å². The van der Waals surface area contributed by atoms with E-state index in [2.05, 4.69) is 72.9 Å². The van der Waals surface area contributed by atoms with Gasteiger partial charge in [0.2, 0.25) is 0 Å². The molecule has 70 valence electrons. The molecule has 0 heteroatoms. The Morgan fingerprint density at radius 2 is 0.929 bits per heavy atom. The zero-order valence-corrected chi connectivity index (χ0v) is 8.08. The van der Waals surface area contributed by atoms with Crippen molar-refractivity contribution in [2.45, 2.75) is 0 Å². The van der Waals surface area contributed by atoms with Gasteiger partial charge in [0.15, 0.2) is 0 Å². The highest BCUT2D eigenvalue weighted by Gasteiger charge is 1.97. The fourth-order valence-corrected chi connectivity index (χ4v) is 1.54. The molecular weight excluding hydrogens is 168 g/mol. The minimum atomic E-state index is 0.495. The van der Waals surface area contributed by atoms with Gasteiger partial charge in [-0.2, -0.15) is 0 Å². The molecule has 0 aromatic rings. The maximum atomic E-state index is 2.19. The summed E-state index contributed by atoms with van der Waals surface area (Å²) in [7, 11) is 0. The van der Waals surface area contributed by atoms with Gasteiger partial charge in [0, 0.05) is 11.8 Å². The highest BCUT2D eigenvalue weighted by molar-refractivity contribution is 5.26. The van der Waals surface area contributed by atoms with Crippen molar-refractivity contribution in [3.05, 3.63) is 72.9 Å². The van der Waals surface area contributed by atoms with Crippen LogP contribution in [0.3, 0.4) is 0 Å². The van der Waals surface area contributed by atoms with E-state index in [1.807, 2.05) is 0 Å². The predicted molar refractivity (Wildman–Crippen MR) is 61.8 cm³/mol. The van der Waals surface area contributed by atoms with Gasteiger partial charge in [-0.1, -0.05) is 72.9 Å². The number of rotatable bonds is 3. The first-order valence-electron chi connectivity index (χ1n) is 5.00. The lowest BCUT2D eigenvalue weighted by molar-refractivity contribution is 1.08. The van der Waals surface area contributed by atoms with Crippen LogP contribution in [0.1, 0.15) is 0 Å². The Morgan fingerprint density at radius 1 is 0.571 bits per heavy atom. The highest BCUT2D eigenvalue weighted by atomic mass is 14.0. The molecule has 0 aromatic heterocycles. The molecule has 0 heterocycles. The molecule has 0 unspecified atom stereocenters. The normalized spacial score (nSPS) is 21.4. The van der Waals surface area contributed by atoms with Gasteiger partial charge in [-0.25, -0.2) is 0 Å². The van der Waals surface area contributed by atoms with Gasteiger partial charge in [0.05, 0.1) is 0 Å². The van der Waals surface area contributed by atoms with Crippen LogP contribution in [-0.2, 0) is 0 Å². The molecule has 0 N–H and O–H groups in total. The van der Waals surface area contributed by atoms with Crippen LogP contribution in [0.2, 0.25) is 0 Å². The smallest absolute Gasteiger partial charge is 0.0136 e. The van der Waals surface area contributed by atoms with Crippen LogP contribution in [0, 0.1) is 11.8 Å². The lowest BCUT2D eigenvalue weighted by Gasteiger charge is -1.94. The second-order valence-corrected chi connectivity index (χ2v) is 3.46. The summed E-state index contributed by atoms with van der Waals surface area (Å²) in [6, 6.07) is 0. The largest absolute Gasteiger partial charge is 0.0738 e. The van der Waals surface area contributed by atoms with Gasteiger partial charge in [0.1, 0.15) is 0 Å². The van der Waals surface area contributed by atoms with E-state index in [1.165, 1.54) is 0 Å². The van der Waals surface area contributed by atoms with Crippen molar-refractivity contribution in [1.82, 2.24) is 0 Å². The van der Waals surface area contributed by atoms with E-state index in [4.69, 9.17) is 0 Å². The zero-order valence-electron chi connectivity index (χ0n) is 8.08. The number of allylic oxidation sites excluding steroid dienone is 12. The lowest BCUT2D eigenvalue weighted by Crippen LogP contribution is -1.81. The van der Waals surface area contributed by atoms with Gasteiger partial charge >= 0.3 is 0 Å². The molecule has 0 saturated heterocycles. The molecule has 0 saturated carbocycles. The van der Waals surface area contributed by atoms with Gasteiger partial charge in [0.25, 0.3) is 0 Å². The van der Waals surface area contributed by atoms with Gasteiger partial charge < -0.3 is 0 Å². The topological polar surface area (TPSA) is 0 Å². The first-order chi connectivity index (χ1) is 6.95. The monoisotopic (exact) mass is 182 g/mol. The molecule has 2 rings (SSSR count). The van der Waals surface area contributed by atoms with Gasteiger partial charge in [-0.3, -0.25) is 0 Å². The molecule has 0 bridgehead atoms. The Kier molecular flexibility index (Phi) is 2.97. The Hall–Kier alpha value is -1.56. The summed E-state index contributed by atoms with van der Waals surface area (Å²) in [5, 5.41) is 0. The maximum Gasteiger partial charge on any atom is 0.0136 e. The molecule has 0 fully saturated rings. The molecule has 2 aliphatic rings. The molecule has 14 heavy (non-hydrogen) atoms. The Balaban J connectivity index is 1.81. The fraction of sp³-hybridized carbons (Fsp3) is 0.143. The average molecular weight is 182 g/mol. The van der Waals surface area contributed by atoms with Crippen molar-refractivity contribution < 1.29 is 0 Å². The van der Waals surface area contributed by atoms with Crippen molar-refractivity contribution in [3.8, 4) is 0 Å². The second kappa shape index (κ2) is 4.61. The zero-order chi connectivity index (χ0) is 9.64. The first kappa shape index (κ1) is 9.01. The minimum Gasteiger partial charge on any atom is -0.0738 e. The summed E-state index contributed by atoms with van der Waals surface area (Å²) in [5.74, 6) is 0.989. The number of hydrogen-bond acceptors (Lipinski definition) is 0. The summed E-state index contributed by atoms with van der Waals surface area (Å²) in [6.07, 6.45) is 25.7. The van der Waals surface area contributed by atoms with E-state index >= 15 is 0 Å². The maximum absolute atomic E-state index is 2.19. The van der Waals surface area contributed by atoms with E-state index in [1.54, 1.807) is 0 Å². The second-order valence-electron chi connectivity index (χ2n) is 3.46. The molecule has 0 amide bonds. The Bertz CT molecular complexity index is 288. The first-order valence-corrected chi connectivity index (χ1v) is 5.00. The van der Waals surface area contributed by atoms with Crippen LogP contribution in [0.5, 0.6) is 0 Å². The highest BCUT2D eigenvalue weighted by Crippen LogP contribution is 2.12. The van der Waals surface area contributed by atoms with Gasteiger partial charge in [-0.15, -0.1) is 0 Å². The molecular formula is C14H14. The van der Waals surface area contributed by atoms with Crippen LogP contribution in [0.25, 0.3) is 0 Å². The van der Waals surface area contributed by atoms with Crippen LogP contribution in [-0.4, -0.2) is 0 Å². The van der Waals surface area contributed by atoms with Gasteiger partial charge in [-0.05, 0) is 0 Å².